The molecule has 6 atom stereocenters. The van der Waals surface area contributed by atoms with Crippen LogP contribution in [-0.2, 0) is 30.5 Å². The van der Waals surface area contributed by atoms with E-state index in [0.29, 0.717) is 54.0 Å². The number of amides is 6. The summed E-state index contributed by atoms with van der Waals surface area (Å²) in [5.74, 6) is -3.07. The molecular formula is C41H57N13O9. The Morgan fingerprint density at radius 2 is 1.71 bits per heavy atom. The molecule has 0 aromatic heterocycles. The number of hydrogen-bond donors (Lipinski definition) is 9. The Morgan fingerprint density at radius 3 is 2.41 bits per heavy atom. The maximum atomic E-state index is 14.0. The lowest BCUT2D eigenvalue weighted by Gasteiger charge is -2.29. The number of likely N-dealkylation sites (tertiary alicyclic amines) is 1. The molecule has 0 bridgehead atoms. The molecule has 22 nitrogen and oxygen atoms in total. The van der Waals surface area contributed by atoms with E-state index in [0.717, 1.165) is 5.56 Å². The van der Waals surface area contributed by atoms with E-state index in [1.54, 1.807) is 40.7 Å². The zero-order valence-corrected chi connectivity index (χ0v) is 35.5. The topological polar surface area (TPSA) is 335 Å². The summed E-state index contributed by atoms with van der Waals surface area (Å²) in [6, 6.07) is 6.83. The molecule has 0 unspecified atom stereocenters. The Kier molecular flexibility index (Phi) is 16.2. The van der Waals surface area contributed by atoms with Gasteiger partial charge in [0.05, 0.1) is 36.0 Å². The summed E-state index contributed by atoms with van der Waals surface area (Å²) in [6.45, 7) is 5.74. The number of unbranched alkanes of at least 4 members (excludes halogenated alkanes) is 1. The van der Waals surface area contributed by atoms with E-state index < -0.39 is 70.9 Å². The Bertz CT molecular complexity index is 2130. The molecule has 22 heteroatoms. The molecule has 340 valence electrons. The number of nitrogens with one attached hydrogen (secondary N) is 5. The third-order valence-corrected chi connectivity index (χ3v) is 11.1. The average Bonchev–Trinajstić information content (AvgIpc) is 3.84. The summed E-state index contributed by atoms with van der Waals surface area (Å²) < 4.78 is 0. The highest BCUT2D eigenvalue weighted by Gasteiger charge is 2.39. The number of amidine groups is 1. The van der Waals surface area contributed by atoms with Gasteiger partial charge in [0.1, 0.15) is 24.0 Å². The second-order valence-corrected chi connectivity index (χ2v) is 16.1. The fourth-order valence-corrected chi connectivity index (χ4v) is 7.50. The van der Waals surface area contributed by atoms with Gasteiger partial charge in [0.2, 0.25) is 29.5 Å². The van der Waals surface area contributed by atoms with Crippen LogP contribution in [0.25, 0.3) is 0 Å². The van der Waals surface area contributed by atoms with Gasteiger partial charge in [-0.1, -0.05) is 37.5 Å². The highest BCUT2D eigenvalue weighted by atomic mass is 16.7. The Labute approximate surface area is 364 Å². The largest absolute Gasteiger partial charge is 0.391 e. The normalized spacial score (nSPS) is 17.9. The van der Waals surface area contributed by atoms with Gasteiger partial charge in [-0.2, -0.15) is 0 Å². The number of benzene rings is 2. The van der Waals surface area contributed by atoms with Crippen molar-refractivity contribution in [2.24, 2.45) is 33.1 Å². The smallest absolute Gasteiger partial charge is 0.260 e. The number of nitro groups is 1. The number of anilines is 1. The van der Waals surface area contributed by atoms with E-state index in [-0.39, 0.29) is 63.2 Å². The number of hydrogen-bond acceptors (Lipinski definition) is 13. The standard InChI is InChI=1S/C41H57N13O9/c1-22(2)32(43)37(58)45-17-7-6-13-30(49-36(57)31-14-9-19-52(31)40(61)28(42)12-8-18-46-41(44)51-54(62)63)35(56)50-33(23(3)55)38(59)47-25-15-16-29-24(20-25)21-53-34(48-29)26-10-4-5-11-27(26)39(53)60/h4-5,10-11,15-16,20,22-23,28,30-33,55H,6-9,12-14,17-19,21,42-43H2,1-3H3,(H,45,58)(H,47,59)(H,49,57)(H,50,56)(H3,44,46,51)/t23-,28+,30+,31+,32+,33+/m1/s1. The van der Waals surface area contributed by atoms with Crippen LogP contribution in [0.1, 0.15) is 87.2 Å². The van der Waals surface area contributed by atoms with Crippen molar-refractivity contribution in [1.29, 1.82) is 0 Å². The molecule has 2 aromatic rings. The minimum absolute atomic E-state index is 0.0632. The van der Waals surface area contributed by atoms with Crippen molar-refractivity contribution < 1.29 is 38.9 Å². The average molecular weight is 876 g/mol. The fraction of sp³-hybridized carbons (Fsp3) is 0.512. The Morgan fingerprint density at radius 1 is 0.984 bits per heavy atom. The quantitative estimate of drug-likeness (QED) is 0.0266. The summed E-state index contributed by atoms with van der Waals surface area (Å²) in [5.41, 5.74) is 22.2. The number of carbonyl (C=O) groups is 6. The molecule has 0 aliphatic carbocycles. The first-order valence-corrected chi connectivity index (χ1v) is 21.0. The predicted octanol–water partition coefficient (Wildman–Crippen LogP) is -0.512. The number of aliphatic hydroxyl groups is 1. The van der Waals surface area contributed by atoms with Crippen molar-refractivity contribution in [3.63, 3.8) is 0 Å². The predicted molar refractivity (Wildman–Crippen MR) is 231 cm³/mol. The summed E-state index contributed by atoms with van der Waals surface area (Å²) in [7, 11) is 0. The first-order chi connectivity index (χ1) is 30.0. The van der Waals surface area contributed by atoms with Crippen molar-refractivity contribution in [1.82, 2.24) is 31.2 Å². The lowest BCUT2D eigenvalue weighted by molar-refractivity contribution is -0.525. The van der Waals surface area contributed by atoms with E-state index in [2.05, 4.69) is 26.3 Å². The molecule has 3 heterocycles. The number of aliphatic hydroxyl groups excluding tert-OH is 1. The molecule has 1 saturated heterocycles. The van der Waals surface area contributed by atoms with Crippen LogP contribution < -0.4 is 43.9 Å². The summed E-state index contributed by atoms with van der Waals surface area (Å²) in [5, 5.41) is 31.3. The van der Waals surface area contributed by atoms with Crippen LogP contribution >= 0.6 is 0 Å². The molecular weight excluding hydrogens is 819 g/mol. The minimum Gasteiger partial charge on any atom is -0.391 e. The van der Waals surface area contributed by atoms with Crippen molar-refractivity contribution in [2.75, 3.05) is 25.0 Å². The van der Waals surface area contributed by atoms with E-state index >= 15 is 0 Å². The third kappa shape index (κ3) is 12.1. The van der Waals surface area contributed by atoms with Crippen molar-refractivity contribution in [3.8, 4) is 0 Å². The third-order valence-electron chi connectivity index (χ3n) is 11.1. The van der Waals surface area contributed by atoms with Crippen LogP contribution in [0.2, 0.25) is 0 Å². The number of hydrazine groups is 1. The minimum atomic E-state index is -1.47. The number of carbonyl (C=O) groups excluding carboxylic acids is 6. The van der Waals surface area contributed by atoms with Gasteiger partial charge in [0, 0.05) is 30.9 Å². The number of guanidine groups is 1. The zero-order chi connectivity index (χ0) is 46.0. The van der Waals surface area contributed by atoms with Crippen molar-refractivity contribution in [2.45, 2.75) is 109 Å². The number of aliphatic imine (C=N–C) groups is 2. The van der Waals surface area contributed by atoms with Crippen molar-refractivity contribution in [3.05, 3.63) is 69.3 Å². The second-order valence-electron chi connectivity index (χ2n) is 16.1. The first-order valence-electron chi connectivity index (χ1n) is 21.0. The number of fused-ring (bicyclic) bond motifs is 4. The molecule has 0 saturated carbocycles. The molecule has 2 aromatic carbocycles. The summed E-state index contributed by atoms with van der Waals surface area (Å²) in [6.07, 6.45) is 0.646. The highest BCUT2D eigenvalue weighted by Crippen LogP contribution is 2.35. The number of nitrogens with two attached hydrogens (primary N) is 3. The lowest BCUT2D eigenvalue weighted by Crippen LogP contribution is -2.58. The Balaban J connectivity index is 1.24. The summed E-state index contributed by atoms with van der Waals surface area (Å²) in [4.78, 5) is 102. The van der Waals surface area contributed by atoms with Gasteiger partial charge in [-0.25, -0.2) is 20.1 Å². The molecule has 3 aliphatic heterocycles. The lowest BCUT2D eigenvalue weighted by atomic mass is 10.0. The fourth-order valence-electron chi connectivity index (χ4n) is 7.50. The van der Waals surface area contributed by atoms with Gasteiger partial charge in [-0.3, -0.25) is 33.7 Å². The highest BCUT2D eigenvalue weighted by molar-refractivity contribution is 6.24. The van der Waals surface area contributed by atoms with Gasteiger partial charge in [-0.05, 0) is 87.6 Å². The summed E-state index contributed by atoms with van der Waals surface area (Å²) >= 11 is 0. The maximum Gasteiger partial charge on any atom is 0.260 e. The van der Waals surface area contributed by atoms with E-state index in [1.807, 2.05) is 26.0 Å². The van der Waals surface area contributed by atoms with Crippen LogP contribution in [0.3, 0.4) is 0 Å². The van der Waals surface area contributed by atoms with E-state index in [4.69, 9.17) is 22.2 Å². The number of rotatable bonds is 20. The molecule has 0 radical (unpaired) electrons. The molecule has 12 N–H and O–H groups in total. The monoisotopic (exact) mass is 875 g/mol. The van der Waals surface area contributed by atoms with Gasteiger partial charge >= 0.3 is 0 Å². The Hall–Kier alpha value is -6.52. The molecule has 0 spiro atoms. The SMILES string of the molecule is CC(C)[C@H](N)C(=O)NCCCC[C@H](NC(=O)[C@@H]1CCCN1C(=O)[C@@H](N)CCCN=C(N)N[N+](=O)[O-])C(=O)N[C@H](C(=O)Nc1ccc2c(c1)CN1C(=O)c3ccccc3C1=N2)[C@@H](C)O. The second kappa shape index (κ2) is 21.5. The van der Waals surface area contributed by atoms with Gasteiger partial charge < -0.3 is 48.5 Å². The van der Waals surface area contributed by atoms with E-state index in [1.165, 1.54) is 11.8 Å². The van der Waals surface area contributed by atoms with Crippen molar-refractivity contribution >= 4 is 58.6 Å². The van der Waals surface area contributed by atoms with Gasteiger partial charge in [-0.15, -0.1) is 0 Å². The first kappa shape index (κ1) is 47.5. The van der Waals surface area contributed by atoms with Crippen LogP contribution in [0.15, 0.2) is 52.4 Å². The number of nitrogens with zero attached hydrogens (tertiary/aromatic N) is 5. The van der Waals surface area contributed by atoms with Crippen LogP contribution in [0.5, 0.6) is 0 Å². The molecule has 63 heavy (non-hydrogen) atoms. The molecule has 3 aliphatic rings. The zero-order valence-electron chi connectivity index (χ0n) is 35.5. The van der Waals surface area contributed by atoms with Crippen LogP contribution in [-0.4, -0.2) is 123 Å². The maximum absolute atomic E-state index is 14.0. The van der Waals surface area contributed by atoms with Gasteiger partial charge in [0.25, 0.3) is 11.9 Å². The van der Waals surface area contributed by atoms with Gasteiger partial charge in [0.15, 0.2) is 5.03 Å². The molecule has 5 rings (SSSR count). The van der Waals surface area contributed by atoms with Crippen LogP contribution in [0, 0.1) is 16.0 Å². The van der Waals surface area contributed by atoms with E-state index in [9.17, 15) is 44.0 Å². The molecule has 6 amide bonds. The van der Waals surface area contributed by atoms with Crippen LogP contribution in [0.4, 0.5) is 11.4 Å². The molecule has 1 fully saturated rings.